The van der Waals surface area contributed by atoms with Gasteiger partial charge < -0.3 is 19.5 Å². The quantitative estimate of drug-likeness (QED) is 0.692. The Labute approximate surface area is 166 Å². The Morgan fingerprint density at radius 1 is 1.00 bits per heavy atom. The standard InChI is InChI=1S/C19H15F6NO4/c1-10(11-2-3-15-16(4-11)30-9-29-15)26-17(27)8-28-14-6-12(18(20,21)22)5-13(7-14)19(23,24)25/h2-7,10H,8-9H2,1H3,(H,26,27). The number of hydrogen-bond donors (Lipinski definition) is 1. The van der Waals surface area contributed by atoms with E-state index in [1.165, 1.54) is 0 Å². The minimum Gasteiger partial charge on any atom is -0.484 e. The Morgan fingerprint density at radius 3 is 2.20 bits per heavy atom. The van der Waals surface area contributed by atoms with Crippen LogP contribution >= 0.6 is 0 Å². The Morgan fingerprint density at radius 2 is 1.60 bits per heavy atom. The van der Waals surface area contributed by atoms with Gasteiger partial charge in [-0.15, -0.1) is 0 Å². The van der Waals surface area contributed by atoms with Crippen LogP contribution in [-0.4, -0.2) is 19.3 Å². The minimum atomic E-state index is -5.00. The van der Waals surface area contributed by atoms with E-state index in [4.69, 9.17) is 14.2 Å². The molecule has 2 aromatic rings. The third-order valence-corrected chi connectivity index (χ3v) is 4.21. The molecule has 1 aliphatic rings. The summed E-state index contributed by atoms with van der Waals surface area (Å²) in [6, 6.07) is 5.25. The van der Waals surface area contributed by atoms with E-state index in [0.717, 1.165) is 0 Å². The summed E-state index contributed by atoms with van der Waals surface area (Å²) in [6.45, 7) is 0.944. The third kappa shape index (κ3) is 5.08. The number of rotatable bonds is 5. The minimum absolute atomic E-state index is 0.0192. The number of hydrogen-bond acceptors (Lipinski definition) is 4. The van der Waals surface area contributed by atoms with Crippen molar-refractivity contribution in [3.8, 4) is 17.2 Å². The fraction of sp³-hybridized carbons (Fsp3) is 0.316. The van der Waals surface area contributed by atoms with Gasteiger partial charge in [0.1, 0.15) is 5.75 Å². The molecule has 1 unspecified atom stereocenters. The second-order valence-corrected chi connectivity index (χ2v) is 6.43. The number of benzene rings is 2. The van der Waals surface area contributed by atoms with E-state index in [0.29, 0.717) is 29.2 Å². The van der Waals surface area contributed by atoms with E-state index in [1.54, 1.807) is 25.1 Å². The molecule has 0 saturated carbocycles. The van der Waals surface area contributed by atoms with Crippen molar-refractivity contribution in [3.63, 3.8) is 0 Å². The van der Waals surface area contributed by atoms with Crippen LogP contribution in [0.4, 0.5) is 26.3 Å². The number of alkyl halides is 6. The van der Waals surface area contributed by atoms with Crippen LogP contribution in [-0.2, 0) is 17.1 Å². The highest BCUT2D eigenvalue weighted by Gasteiger charge is 2.37. The summed E-state index contributed by atoms with van der Waals surface area (Å²) < 4.78 is 92.5. The van der Waals surface area contributed by atoms with Crippen LogP contribution in [0, 0.1) is 0 Å². The van der Waals surface area contributed by atoms with Crippen LogP contribution in [0.2, 0.25) is 0 Å². The second kappa shape index (κ2) is 7.96. The first-order valence-corrected chi connectivity index (χ1v) is 8.54. The van der Waals surface area contributed by atoms with Gasteiger partial charge in [0, 0.05) is 0 Å². The summed E-state index contributed by atoms with van der Waals surface area (Å²) in [5.41, 5.74) is -2.39. The molecule has 1 N–H and O–H groups in total. The van der Waals surface area contributed by atoms with Crippen molar-refractivity contribution in [3.05, 3.63) is 53.1 Å². The van der Waals surface area contributed by atoms with Crippen molar-refractivity contribution in [2.45, 2.75) is 25.3 Å². The van der Waals surface area contributed by atoms with Crippen LogP contribution in [0.5, 0.6) is 17.2 Å². The maximum atomic E-state index is 12.9. The molecule has 162 valence electrons. The first kappa shape index (κ1) is 21.6. The molecule has 0 aromatic heterocycles. The molecule has 0 fully saturated rings. The van der Waals surface area contributed by atoms with Gasteiger partial charge >= 0.3 is 12.4 Å². The zero-order valence-corrected chi connectivity index (χ0v) is 15.4. The van der Waals surface area contributed by atoms with Crippen molar-refractivity contribution < 1.29 is 45.3 Å². The summed E-state index contributed by atoms with van der Waals surface area (Å²) in [5, 5.41) is 2.54. The van der Waals surface area contributed by atoms with Crippen LogP contribution in [0.15, 0.2) is 36.4 Å². The maximum Gasteiger partial charge on any atom is 0.416 e. The molecule has 1 heterocycles. The lowest BCUT2D eigenvalue weighted by atomic mass is 10.1. The zero-order chi connectivity index (χ0) is 22.1. The van der Waals surface area contributed by atoms with Gasteiger partial charge in [0.05, 0.1) is 17.2 Å². The van der Waals surface area contributed by atoms with Crippen molar-refractivity contribution in [1.82, 2.24) is 5.32 Å². The van der Waals surface area contributed by atoms with Gasteiger partial charge in [-0.3, -0.25) is 4.79 Å². The molecule has 0 aliphatic carbocycles. The van der Waals surface area contributed by atoms with Crippen molar-refractivity contribution >= 4 is 5.91 Å². The zero-order valence-electron chi connectivity index (χ0n) is 15.4. The summed E-state index contributed by atoms with van der Waals surface area (Å²) in [4.78, 5) is 12.1. The number of carbonyl (C=O) groups is 1. The highest BCUT2D eigenvalue weighted by atomic mass is 19.4. The first-order valence-electron chi connectivity index (χ1n) is 8.54. The van der Waals surface area contributed by atoms with Gasteiger partial charge in [-0.1, -0.05) is 6.07 Å². The van der Waals surface area contributed by atoms with Gasteiger partial charge in [0.25, 0.3) is 5.91 Å². The molecule has 0 radical (unpaired) electrons. The lowest BCUT2D eigenvalue weighted by Crippen LogP contribution is -2.31. The third-order valence-electron chi connectivity index (χ3n) is 4.21. The molecular weight excluding hydrogens is 420 g/mol. The molecule has 1 atom stereocenters. The maximum absolute atomic E-state index is 12.9. The van der Waals surface area contributed by atoms with Gasteiger partial charge in [0.2, 0.25) is 6.79 Å². The Balaban J connectivity index is 1.66. The van der Waals surface area contributed by atoms with Crippen LogP contribution in [0.25, 0.3) is 0 Å². The predicted octanol–water partition coefficient (Wildman–Crippen LogP) is 4.71. The summed E-state index contributed by atoms with van der Waals surface area (Å²) in [5.74, 6) is -0.409. The predicted molar refractivity (Wildman–Crippen MR) is 91.1 cm³/mol. The number of ether oxygens (including phenoxy) is 3. The number of halogens is 6. The smallest absolute Gasteiger partial charge is 0.416 e. The Bertz CT molecular complexity index is 909. The molecule has 5 nitrogen and oxygen atoms in total. The van der Waals surface area contributed by atoms with Gasteiger partial charge in [-0.2, -0.15) is 26.3 Å². The van der Waals surface area contributed by atoms with Gasteiger partial charge in [-0.05, 0) is 42.8 Å². The number of amides is 1. The molecule has 0 spiro atoms. The normalized spacial score (nSPS) is 14.4. The topological polar surface area (TPSA) is 56.8 Å². The Hall–Kier alpha value is -3.11. The second-order valence-electron chi connectivity index (χ2n) is 6.43. The van der Waals surface area contributed by atoms with Crippen molar-refractivity contribution in [2.75, 3.05) is 13.4 Å². The lowest BCUT2D eigenvalue weighted by molar-refractivity contribution is -0.143. The molecular formula is C19H15F6NO4. The fourth-order valence-corrected chi connectivity index (χ4v) is 2.71. The SMILES string of the molecule is CC(NC(=O)COc1cc(C(F)(F)F)cc(C(F)(F)F)c1)c1ccc2c(c1)OCO2. The molecule has 1 aliphatic heterocycles. The molecule has 2 aromatic carbocycles. The average Bonchev–Trinajstić information content (AvgIpc) is 3.12. The molecule has 3 rings (SSSR count). The van der Waals surface area contributed by atoms with Gasteiger partial charge in [0.15, 0.2) is 18.1 Å². The summed E-state index contributed by atoms with van der Waals surface area (Å²) >= 11 is 0. The molecule has 0 saturated heterocycles. The van der Waals surface area contributed by atoms with Crippen LogP contribution in [0.1, 0.15) is 29.7 Å². The molecule has 30 heavy (non-hydrogen) atoms. The van der Waals surface area contributed by atoms with Crippen LogP contribution < -0.4 is 19.5 Å². The summed E-state index contributed by atoms with van der Waals surface area (Å²) in [7, 11) is 0. The van der Waals surface area contributed by atoms with E-state index in [-0.39, 0.29) is 12.9 Å². The summed E-state index contributed by atoms with van der Waals surface area (Å²) in [6.07, 6.45) is -10.0. The average molecular weight is 435 g/mol. The molecule has 1 amide bonds. The molecule has 0 bridgehead atoms. The number of fused-ring (bicyclic) bond motifs is 1. The largest absolute Gasteiger partial charge is 0.484 e. The monoisotopic (exact) mass is 435 g/mol. The van der Waals surface area contributed by atoms with Crippen LogP contribution in [0.3, 0.4) is 0 Å². The number of nitrogens with one attached hydrogen (secondary N) is 1. The Kier molecular flexibility index (Phi) is 5.73. The van der Waals surface area contributed by atoms with E-state index in [2.05, 4.69) is 5.32 Å². The van der Waals surface area contributed by atoms with E-state index < -0.39 is 47.8 Å². The van der Waals surface area contributed by atoms with E-state index in [1.807, 2.05) is 0 Å². The van der Waals surface area contributed by atoms with Gasteiger partial charge in [-0.25, -0.2) is 0 Å². The highest BCUT2D eigenvalue weighted by Crippen LogP contribution is 2.38. The molecule has 11 heteroatoms. The van der Waals surface area contributed by atoms with Crippen molar-refractivity contribution in [2.24, 2.45) is 0 Å². The fourth-order valence-electron chi connectivity index (χ4n) is 2.71. The first-order chi connectivity index (χ1) is 13.9. The van der Waals surface area contributed by atoms with E-state index in [9.17, 15) is 31.1 Å². The van der Waals surface area contributed by atoms with Crippen molar-refractivity contribution in [1.29, 1.82) is 0 Å². The highest BCUT2D eigenvalue weighted by molar-refractivity contribution is 5.78. The number of carbonyl (C=O) groups excluding carboxylic acids is 1. The lowest BCUT2D eigenvalue weighted by Gasteiger charge is -2.17. The van der Waals surface area contributed by atoms with E-state index >= 15 is 0 Å².